The Labute approximate surface area is 127 Å². The van der Waals surface area contributed by atoms with Crippen molar-refractivity contribution < 1.29 is 19.4 Å². The molecule has 0 aromatic heterocycles. The van der Waals surface area contributed by atoms with Gasteiger partial charge in [0.15, 0.2) is 0 Å². The highest BCUT2D eigenvalue weighted by Gasteiger charge is 2.15. The van der Waals surface area contributed by atoms with E-state index in [2.05, 4.69) is 4.74 Å². The van der Waals surface area contributed by atoms with Crippen LogP contribution in [-0.2, 0) is 4.74 Å². The Balaban J connectivity index is 2.10. The molecule has 1 atom stereocenters. The fourth-order valence-electron chi connectivity index (χ4n) is 1.87. The number of hydrogen-bond acceptors (Lipinski definition) is 4. The minimum absolute atomic E-state index is 0.0161. The molecule has 0 bridgehead atoms. The summed E-state index contributed by atoms with van der Waals surface area (Å²) < 4.78 is 10.2. The summed E-state index contributed by atoms with van der Waals surface area (Å²) in [4.78, 5) is 11.6. The Bertz CT molecular complexity index is 627. The van der Waals surface area contributed by atoms with Crippen LogP contribution in [0.1, 0.15) is 22.0 Å². The minimum Gasteiger partial charge on any atom is -0.490 e. The van der Waals surface area contributed by atoms with Gasteiger partial charge < -0.3 is 14.6 Å². The number of hydrogen-bond donors (Lipinski definition) is 1. The quantitative estimate of drug-likeness (QED) is 0.862. The molecule has 1 N–H and O–H groups in total. The molecule has 0 amide bonds. The number of carbonyl (C=O) groups excluding carboxylic acids is 1. The van der Waals surface area contributed by atoms with E-state index >= 15 is 0 Å². The summed E-state index contributed by atoms with van der Waals surface area (Å²) in [5.74, 6) is -0.131. The van der Waals surface area contributed by atoms with E-state index in [4.69, 9.17) is 16.3 Å². The van der Waals surface area contributed by atoms with Gasteiger partial charge in [0, 0.05) is 10.6 Å². The molecule has 2 aromatic carbocycles. The number of methoxy groups -OCH3 is 1. The maximum Gasteiger partial charge on any atom is 0.341 e. The number of esters is 1. The lowest BCUT2D eigenvalue weighted by Crippen LogP contribution is -2.12. The maximum absolute atomic E-state index is 11.6. The van der Waals surface area contributed by atoms with E-state index in [1.807, 2.05) is 0 Å². The monoisotopic (exact) mass is 306 g/mol. The van der Waals surface area contributed by atoms with Gasteiger partial charge in [0.25, 0.3) is 0 Å². The van der Waals surface area contributed by atoms with Crippen molar-refractivity contribution in [1.29, 1.82) is 0 Å². The molecule has 0 fully saturated rings. The SMILES string of the molecule is COC(=O)c1ccccc1OCC(O)c1ccccc1Cl. The molecule has 0 saturated carbocycles. The third-order valence-electron chi connectivity index (χ3n) is 2.95. The van der Waals surface area contributed by atoms with Crippen molar-refractivity contribution in [3.05, 3.63) is 64.7 Å². The number of para-hydroxylation sites is 1. The normalized spacial score (nSPS) is 11.8. The third-order valence-corrected chi connectivity index (χ3v) is 3.30. The standard InChI is InChI=1S/C16H15ClO4/c1-20-16(19)12-7-3-5-9-15(12)21-10-14(18)11-6-2-4-8-13(11)17/h2-9,14,18H,10H2,1H3. The number of carbonyl (C=O) groups is 1. The highest BCUT2D eigenvalue weighted by Crippen LogP contribution is 2.25. The zero-order valence-electron chi connectivity index (χ0n) is 11.5. The van der Waals surface area contributed by atoms with Crippen LogP contribution in [0.3, 0.4) is 0 Å². The highest BCUT2D eigenvalue weighted by atomic mass is 35.5. The molecule has 0 aliphatic carbocycles. The number of benzene rings is 2. The molecule has 110 valence electrons. The van der Waals surface area contributed by atoms with Gasteiger partial charge in [-0.05, 0) is 18.2 Å². The second kappa shape index (κ2) is 7.11. The summed E-state index contributed by atoms with van der Waals surface area (Å²) in [7, 11) is 1.30. The Kier molecular flexibility index (Phi) is 5.20. The predicted molar refractivity (Wildman–Crippen MR) is 79.7 cm³/mol. The average Bonchev–Trinajstić information content (AvgIpc) is 2.52. The molecule has 0 spiro atoms. The van der Waals surface area contributed by atoms with Crippen LogP contribution >= 0.6 is 11.6 Å². The fourth-order valence-corrected chi connectivity index (χ4v) is 2.14. The van der Waals surface area contributed by atoms with Crippen molar-refractivity contribution in [3.8, 4) is 5.75 Å². The number of aliphatic hydroxyl groups excluding tert-OH is 1. The Morgan fingerprint density at radius 1 is 1.19 bits per heavy atom. The summed E-state index contributed by atoms with van der Waals surface area (Å²) in [5, 5.41) is 10.6. The lowest BCUT2D eigenvalue weighted by molar-refractivity contribution is 0.0589. The zero-order chi connectivity index (χ0) is 15.2. The number of ether oxygens (including phenoxy) is 2. The molecular weight excluding hydrogens is 292 g/mol. The lowest BCUT2D eigenvalue weighted by Gasteiger charge is -2.15. The first-order valence-corrected chi connectivity index (χ1v) is 6.74. The second-order valence-electron chi connectivity index (χ2n) is 4.34. The van der Waals surface area contributed by atoms with Crippen molar-refractivity contribution in [2.24, 2.45) is 0 Å². The topological polar surface area (TPSA) is 55.8 Å². The van der Waals surface area contributed by atoms with E-state index in [1.54, 1.807) is 48.5 Å². The van der Waals surface area contributed by atoms with Crippen LogP contribution in [0.15, 0.2) is 48.5 Å². The minimum atomic E-state index is -0.885. The van der Waals surface area contributed by atoms with Crippen LogP contribution in [0.25, 0.3) is 0 Å². The average molecular weight is 307 g/mol. The molecular formula is C16H15ClO4. The van der Waals surface area contributed by atoms with Gasteiger partial charge in [-0.1, -0.05) is 41.9 Å². The largest absolute Gasteiger partial charge is 0.490 e. The smallest absolute Gasteiger partial charge is 0.341 e. The molecule has 5 heteroatoms. The van der Waals surface area contributed by atoms with Gasteiger partial charge >= 0.3 is 5.97 Å². The van der Waals surface area contributed by atoms with Gasteiger partial charge in [0.05, 0.1) is 7.11 Å². The number of aliphatic hydroxyl groups is 1. The van der Waals surface area contributed by atoms with Crippen molar-refractivity contribution in [2.75, 3.05) is 13.7 Å². The summed E-state index contributed by atoms with van der Waals surface area (Å²) in [6, 6.07) is 13.7. The second-order valence-corrected chi connectivity index (χ2v) is 4.74. The van der Waals surface area contributed by atoms with Gasteiger partial charge in [-0.2, -0.15) is 0 Å². The lowest BCUT2D eigenvalue weighted by atomic mass is 10.1. The van der Waals surface area contributed by atoms with E-state index in [1.165, 1.54) is 7.11 Å². The first-order valence-electron chi connectivity index (χ1n) is 6.36. The first kappa shape index (κ1) is 15.4. The van der Waals surface area contributed by atoms with E-state index in [0.717, 1.165) is 0 Å². The molecule has 0 heterocycles. The number of halogens is 1. The predicted octanol–water partition coefficient (Wildman–Crippen LogP) is 3.24. The zero-order valence-corrected chi connectivity index (χ0v) is 12.2. The van der Waals surface area contributed by atoms with Crippen LogP contribution < -0.4 is 4.74 Å². The fraction of sp³-hybridized carbons (Fsp3) is 0.188. The Morgan fingerprint density at radius 2 is 1.86 bits per heavy atom. The van der Waals surface area contributed by atoms with Crippen molar-refractivity contribution in [2.45, 2.75) is 6.10 Å². The van der Waals surface area contributed by atoms with Crippen molar-refractivity contribution in [3.63, 3.8) is 0 Å². The molecule has 2 aromatic rings. The highest BCUT2D eigenvalue weighted by molar-refractivity contribution is 6.31. The third kappa shape index (κ3) is 3.74. The summed E-state index contributed by atoms with van der Waals surface area (Å²) in [6.45, 7) is -0.0161. The Hall–Kier alpha value is -2.04. The van der Waals surface area contributed by atoms with Crippen LogP contribution in [0.4, 0.5) is 0 Å². The van der Waals surface area contributed by atoms with Gasteiger partial charge in [-0.15, -0.1) is 0 Å². The molecule has 0 radical (unpaired) electrons. The van der Waals surface area contributed by atoms with E-state index < -0.39 is 12.1 Å². The molecule has 4 nitrogen and oxygen atoms in total. The maximum atomic E-state index is 11.6. The van der Waals surface area contributed by atoms with E-state index in [-0.39, 0.29) is 6.61 Å². The van der Waals surface area contributed by atoms with Gasteiger partial charge in [0.1, 0.15) is 24.0 Å². The van der Waals surface area contributed by atoms with Gasteiger partial charge in [-0.3, -0.25) is 0 Å². The molecule has 21 heavy (non-hydrogen) atoms. The van der Waals surface area contributed by atoms with Crippen LogP contribution in [-0.4, -0.2) is 24.8 Å². The molecule has 0 saturated heterocycles. The first-order chi connectivity index (χ1) is 10.1. The van der Waals surface area contributed by atoms with Crippen molar-refractivity contribution in [1.82, 2.24) is 0 Å². The van der Waals surface area contributed by atoms with Crippen LogP contribution in [0, 0.1) is 0 Å². The summed E-state index contributed by atoms with van der Waals surface area (Å²) in [5.41, 5.74) is 0.890. The number of rotatable bonds is 5. The molecule has 1 unspecified atom stereocenters. The van der Waals surface area contributed by atoms with Gasteiger partial charge in [0.2, 0.25) is 0 Å². The molecule has 0 aliphatic heterocycles. The van der Waals surface area contributed by atoms with E-state index in [0.29, 0.717) is 21.9 Å². The van der Waals surface area contributed by atoms with E-state index in [9.17, 15) is 9.90 Å². The van der Waals surface area contributed by atoms with Gasteiger partial charge in [-0.25, -0.2) is 4.79 Å². The Morgan fingerprint density at radius 3 is 2.57 bits per heavy atom. The molecule has 2 rings (SSSR count). The molecule has 0 aliphatic rings. The summed E-state index contributed by atoms with van der Waals surface area (Å²) >= 11 is 6.02. The van der Waals surface area contributed by atoms with Crippen molar-refractivity contribution >= 4 is 17.6 Å². The van der Waals surface area contributed by atoms with Crippen LogP contribution in [0.5, 0.6) is 5.75 Å². The van der Waals surface area contributed by atoms with Crippen LogP contribution in [0.2, 0.25) is 5.02 Å². The summed E-state index contributed by atoms with van der Waals surface area (Å²) in [6.07, 6.45) is -0.885.